The average Bonchev–Trinajstić information content (AvgIpc) is 2.66. The van der Waals surface area contributed by atoms with Crippen LogP contribution in [-0.4, -0.2) is 46.6 Å². The lowest BCUT2D eigenvalue weighted by atomic mass is 9.75. The molecule has 2 N–H and O–H groups in total. The highest BCUT2D eigenvalue weighted by Gasteiger charge is 2.39. The number of rotatable bonds is 4. The van der Waals surface area contributed by atoms with E-state index in [0.29, 0.717) is 41.7 Å². The number of piperidine rings is 1. The molecule has 1 saturated heterocycles. The Hall–Kier alpha value is -2.02. The fourth-order valence-electron chi connectivity index (χ4n) is 3.37. The van der Waals surface area contributed by atoms with Gasteiger partial charge in [-0.2, -0.15) is 0 Å². The summed E-state index contributed by atoms with van der Waals surface area (Å²) in [7, 11) is 0. The maximum atomic E-state index is 12.6. The van der Waals surface area contributed by atoms with E-state index < -0.39 is 11.5 Å². The monoisotopic (exact) mass is 441 g/mol. The minimum Gasteiger partial charge on any atom is -0.465 e. The molecule has 1 aromatic heterocycles. The molecule has 1 fully saturated rings. The van der Waals surface area contributed by atoms with Gasteiger partial charge in [-0.1, -0.05) is 40.9 Å². The molecule has 0 saturated carbocycles. The Morgan fingerprint density at radius 2 is 1.86 bits per heavy atom. The predicted molar refractivity (Wildman–Crippen MR) is 109 cm³/mol. The number of nitrogens with one attached hydrogen (secondary N) is 1. The van der Waals surface area contributed by atoms with E-state index in [1.54, 1.807) is 24.3 Å². The van der Waals surface area contributed by atoms with Crippen LogP contribution < -0.4 is 5.32 Å². The molecule has 0 bridgehead atoms. The van der Waals surface area contributed by atoms with Gasteiger partial charge in [0.2, 0.25) is 0 Å². The van der Waals surface area contributed by atoms with E-state index in [2.05, 4.69) is 10.3 Å². The first-order valence-corrected chi connectivity index (χ1v) is 9.78. The van der Waals surface area contributed by atoms with Crippen molar-refractivity contribution in [1.29, 1.82) is 0 Å². The number of hydrogen-bond donors (Lipinski definition) is 2. The van der Waals surface area contributed by atoms with Gasteiger partial charge in [0.1, 0.15) is 5.15 Å². The van der Waals surface area contributed by atoms with Crippen LogP contribution in [0.4, 0.5) is 4.79 Å². The lowest BCUT2D eigenvalue weighted by molar-refractivity contribution is 0.0905. The van der Waals surface area contributed by atoms with Gasteiger partial charge in [-0.05, 0) is 43.2 Å². The Bertz CT molecular complexity index is 899. The number of amides is 2. The number of pyridine rings is 1. The normalized spacial score (nSPS) is 15.9. The number of nitrogens with zero attached hydrogens (tertiary/aromatic N) is 2. The molecule has 0 unspecified atom stereocenters. The van der Waals surface area contributed by atoms with E-state index >= 15 is 0 Å². The van der Waals surface area contributed by atoms with E-state index in [1.165, 1.54) is 11.0 Å². The van der Waals surface area contributed by atoms with Crippen LogP contribution in [0, 0.1) is 0 Å². The molecule has 6 nitrogen and oxygen atoms in total. The Morgan fingerprint density at radius 3 is 2.46 bits per heavy atom. The number of carboxylic acid groups (broad SMARTS) is 1. The molecule has 1 aliphatic heterocycles. The van der Waals surface area contributed by atoms with Crippen molar-refractivity contribution in [2.24, 2.45) is 0 Å². The van der Waals surface area contributed by atoms with Crippen LogP contribution in [0.25, 0.3) is 0 Å². The first-order chi connectivity index (χ1) is 13.3. The molecule has 2 aromatic rings. The molecule has 1 aromatic carbocycles. The SMILES string of the molecule is O=C(NCC1(c2cccc(Cl)n2)CCN(C(=O)O)CC1)c1ccc(Cl)cc1Cl. The second-order valence-electron chi connectivity index (χ2n) is 6.70. The number of aromatic nitrogens is 1. The van der Waals surface area contributed by atoms with Crippen molar-refractivity contribution in [2.75, 3.05) is 19.6 Å². The van der Waals surface area contributed by atoms with Gasteiger partial charge in [0.25, 0.3) is 5.91 Å². The van der Waals surface area contributed by atoms with E-state index in [1.807, 2.05) is 6.07 Å². The topological polar surface area (TPSA) is 82.5 Å². The summed E-state index contributed by atoms with van der Waals surface area (Å²) in [5.74, 6) is -0.330. The second-order valence-corrected chi connectivity index (χ2v) is 7.93. The molecule has 28 heavy (non-hydrogen) atoms. The Labute approximate surface area is 177 Å². The predicted octanol–water partition coefficient (Wildman–Crippen LogP) is 4.48. The average molecular weight is 443 g/mol. The van der Waals surface area contributed by atoms with Gasteiger partial charge in [0.15, 0.2) is 0 Å². The summed E-state index contributed by atoms with van der Waals surface area (Å²) in [4.78, 5) is 29.7. The molecule has 0 aliphatic carbocycles. The lowest BCUT2D eigenvalue weighted by Gasteiger charge is -2.40. The summed E-state index contributed by atoms with van der Waals surface area (Å²) in [6.45, 7) is 0.980. The Morgan fingerprint density at radius 1 is 1.14 bits per heavy atom. The molecule has 0 atom stereocenters. The summed E-state index contributed by atoms with van der Waals surface area (Å²) >= 11 is 18.1. The van der Waals surface area contributed by atoms with Crippen LogP contribution in [0.15, 0.2) is 36.4 Å². The molecule has 9 heteroatoms. The maximum Gasteiger partial charge on any atom is 0.407 e. The van der Waals surface area contributed by atoms with Gasteiger partial charge < -0.3 is 15.3 Å². The third-order valence-electron chi connectivity index (χ3n) is 5.01. The summed E-state index contributed by atoms with van der Waals surface area (Å²) < 4.78 is 0. The van der Waals surface area contributed by atoms with Gasteiger partial charge in [-0.15, -0.1) is 0 Å². The van der Waals surface area contributed by atoms with E-state index in [9.17, 15) is 14.7 Å². The number of halogens is 3. The van der Waals surface area contributed by atoms with Gasteiger partial charge >= 0.3 is 6.09 Å². The number of likely N-dealkylation sites (tertiary alicyclic amines) is 1. The largest absolute Gasteiger partial charge is 0.465 e. The van der Waals surface area contributed by atoms with E-state index in [4.69, 9.17) is 34.8 Å². The molecule has 2 heterocycles. The van der Waals surface area contributed by atoms with Gasteiger partial charge in [0, 0.05) is 30.1 Å². The van der Waals surface area contributed by atoms with Crippen LogP contribution in [0.1, 0.15) is 28.9 Å². The second kappa shape index (κ2) is 8.55. The summed E-state index contributed by atoms with van der Waals surface area (Å²) in [6, 6.07) is 10.0. The van der Waals surface area contributed by atoms with Crippen molar-refractivity contribution in [3.8, 4) is 0 Å². The van der Waals surface area contributed by atoms with Crippen LogP contribution in [0.2, 0.25) is 15.2 Å². The lowest BCUT2D eigenvalue weighted by Crippen LogP contribution is -2.50. The van der Waals surface area contributed by atoms with Crippen molar-refractivity contribution in [3.63, 3.8) is 0 Å². The Kier molecular flexibility index (Phi) is 6.33. The number of carbonyl (C=O) groups excluding carboxylic acids is 1. The smallest absolute Gasteiger partial charge is 0.407 e. The van der Waals surface area contributed by atoms with Crippen LogP contribution in [0.3, 0.4) is 0 Å². The van der Waals surface area contributed by atoms with Crippen molar-refractivity contribution in [2.45, 2.75) is 18.3 Å². The minimum absolute atomic E-state index is 0.264. The van der Waals surface area contributed by atoms with Crippen molar-refractivity contribution >= 4 is 46.8 Å². The molecular formula is C19H18Cl3N3O3. The van der Waals surface area contributed by atoms with Crippen LogP contribution in [-0.2, 0) is 5.41 Å². The van der Waals surface area contributed by atoms with Crippen molar-refractivity contribution in [3.05, 3.63) is 62.9 Å². The van der Waals surface area contributed by atoms with Crippen molar-refractivity contribution in [1.82, 2.24) is 15.2 Å². The zero-order chi connectivity index (χ0) is 20.3. The summed E-state index contributed by atoms with van der Waals surface area (Å²) in [5.41, 5.74) is 0.529. The maximum absolute atomic E-state index is 12.6. The highest BCUT2D eigenvalue weighted by Crippen LogP contribution is 2.35. The quantitative estimate of drug-likeness (QED) is 0.684. The first kappa shape index (κ1) is 20.7. The third kappa shape index (κ3) is 4.51. The zero-order valence-electron chi connectivity index (χ0n) is 14.8. The molecule has 0 radical (unpaired) electrons. The van der Waals surface area contributed by atoms with Gasteiger partial charge in [0.05, 0.1) is 16.3 Å². The van der Waals surface area contributed by atoms with E-state index in [-0.39, 0.29) is 17.5 Å². The van der Waals surface area contributed by atoms with Gasteiger partial charge in [-0.25, -0.2) is 9.78 Å². The Balaban J connectivity index is 1.82. The highest BCUT2D eigenvalue weighted by molar-refractivity contribution is 6.36. The molecule has 0 spiro atoms. The zero-order valence-corrected chi connectivity index (χ0v) is 17.1. The fourth-order valence-corrected chi connectivity index (χ4v) is 4.03. The molecule has 1 aliphatic rings. The number of carbonyl (C=O) groups is 2. The third-order valence-corrected chi connectivity index (χ3v) is 5.77. The van der Waals surface area contributed by atoms with Crippen LogP contribution in [0.5, 0.6) is 0 Å². The molecule has 2 amide bonds. The number of benzene rings is 1. The first-order valence-electron chi connectivity index (χ1n) is 8.65. The van der Waals surface area contributed by atoms with E-state index in [0.717, 1.165) is 5.69 Å². The van der Waals surface area contributed by atoms with Gasteiger partial charge in [-0.3, -0.25) is 4.79 Å². The van der Waals surface area contributed by atoms with Crippen LogP contribution >= 0.6 is 34.8 Å². The number of hydrogen-bond acceptors (Lipinski definition) is 3. The summed E-state index contributed by atoms with van der Waals surface area (Å²) in [5, 5.41) is 13.2. The molecular weight excluding hydrogens is 425 g/mol. The van der Waals surface area contributed by atoms with Crippen molar-refractivity contribution < 1.29 is 14.7 Å². The summed E-state index contributed by atoms with van der Waals surface area (Å²) in [6.07, 6.45) is 0.0763. The molecule has 148 valence electrons. The highest BCUT2D eigenvalue weighted by atomic mass is 35.5. The fraction of sp³-hybridized carbons (Fsp3) is 0.316. The minimum atomic E-state index is -0.954. The standard InChI is InChI=1S/C19H18Cl3N3O3/c20-12-4-5-13(14(21)10-12)17(26)23-11-19(15-2-1-3-16(22)24-15)6-8-25(9-7-19)18(27)28/h1-5,10H,6-9,11H2,(H,23,26)(H,27,28). The molecule has 3 rings (SSSR count).